The van der Waals surface area contributed by atoms with Gasteiger partial charge in [0.25, 0.3) is 5.91 Å². The molecule has 0 spiro atoms. The summed E-state index contributed by atoms with van der Waals surface area (Å²) in [5.74, 6) is 0.364. The Morgan fingerprint density at radius 3 is 2.91 bits per heavy atom. The lowest BCUT2D eigenvalue weighted by molar-refractivity contribution is -0.126. The van der Waals surface area contributed by atoms with Gasteiger partial charge in [-0.1, -0.05) is 17.3 Å². The zero-order valence-corrected chi connectivity index (χ0v) is 13.0. The summed E-state index contributed by atoms with van der Waals surface area (Å²) < 4.78 is 27.7. The van der Waals surface area contributed by atoms with Crippen molar-refractivity contribution in [2.24, 2.45) is 5.16 Å². The molecule has 0 saturated carbocycles. The molecule has 0 bridgehead atoms. The van der Waals surface area contributed by atoms with Crippen LogP contribution in [0.3, 0.4) is 0 Å². The predicted octanol–water partition coefficient (Wildman–Crippen LogP) is 0.349. The van der Waals surface area contributed by atoms with Gasteiger partial charge in [0, 0.05) is 11.6 Å². The molecular formula is C14H18N2O5S. The summed E-state index contributed by atoms with van der Waals surface area (Å²) in [6, 6.07) is 6.92. The summed E-state index contributed by atoms with van der Waals surface area (Å²) in [6.07, 6.45) is 1.89. The lowest BCUT2D eigenvalue weighted by Gasteiger charge is -2.09. The first kappa shape index (κ1) is 16.3. The summed E-state index contributed by atoms with van der Waals surface area (Å²) in [4.78, 5) is 16.5. The van der Waals surface area contributed by atoms with Crippen molar-refractivity contribution < 1.29 is 22.8 Å². The number of nitrogens with one attached hydrogen (secondary N) is 1. The van der Waals surface area contributed by atoms with Crippen molar-refractivity contribution in [3.8, 4) is 5.75 Å². The van der Waals surface area contributed by atoms with Crippen molar-refractivity contribution >= 4 is 22.0 Å². The molecule has 1 heterocycles. The van der Waals surface area contributed by atoms with E-state index in [9.17, 15) is 13.2 Å². The highest BCUT2D eigenvalue weighted by atomic mass is 32.2. The Morgan fingerprint density at radius 2 is 2.23 bits per heavy atom. The SMILES string of the molecule is COc1ccccc1/C=N\OCC(=O)N[C@H]1CCS(=O)(=O)C1. The first-order valence-electron chi connectivity index (χ1n) is 6.78. The van der Waals surface area contributed by atoms with Gasteiger partial charge in [-0.25, -0.2) is 8.42 Å². The van der Waals surface area contributed by atoms with E-state index in [0.717, 1.165) is 5.56 Å². The molecule has 1 saturated heterocycles. The fourth-order valence-corrected chi connectivity index (χ4v) is 3.81. The van der Waals surface area contributed by atoms with Gasteiger partial charge in [-0.3, -0.25) is 4.79 Å². The Kier molecular flexibility index (Phi) is 5.37. The molecule has 22 heavy (non-hydrogen) atoms. The highest BCUT2D eigenvalue weighted by Gasteiger charge is 2.28. The Bertz CT molecular complexity index is 657. The van der Waals surface area contributed by atoms with E-state index in [2.05, 4.69) is 10.5 Å². The van der Waals surface area contributed by atoms with Crippen LogP contribution in [0.25, 0.3) is 0 Å². The number of methoxy groups -OCH3 is 1. The van der Waals surface area contributed by atoms with Gasteiger partial charge in [0.2, 0.25) is 0 Å². The van der Waals surface area contributed by atoms with Gasteiger partial charge >= 0.3 is 0 Å². The predicted molar refractivity (Wildman–Crippen MR) is 81.7 cm³/mol. The van der Waals surface area contributed by atoms with Crippen molar-refractivity contribution in [3.63, 3.8) is 0 Å². The zero-order valence-electron chi connectivity index (χ0n) is 12.2. The summed E-state index contributed by atoms with van der Waals surface area (Å²) in [5.41, 5.74) is 0.729. The molecular weight excluding hydrogens is 308 g/mol. The largest absolute Gasteiger partial charge is 0.496 e. The Hall–Kier alpha value is -2.09. The molecule has 7 nitrogen and oxygen atoms in total. The number of amides is 1. The average Bonchev–Trinajstić information content (AvgIpc) is 2.83. The van der Waals surface area contributed by atoms with E-state index in [-0.39, 0.29) is 30.1 Å². The Labute approximate surface area is 129 Å². The number of carbonyl (C=O) groups is 1. The molecule has 2 rings (SSSR count). The zero-order chi connectivity index (χ0) is 16.0. The number of hydrogen-bond acceptors (Lipinski definition) is 6. The lowest BCUT2D eigenvalue weighted by Crippen LogP contribution is -2.37. The van der Waals surface area contributed by atoms with E-state index < -0.39 is 9.84 Å². The molecule has 8 heteroatoms. The van der Waals surface area contributed by atoms with Crippen LogP contribution >= 0.6 is 0 Å². The minimum absolute atomic E-state index is 0.0107. The summed E-state index contributed by atoms with van der Waals surface area (Å²) in [6.45, 7) is -0.262. The second-order valence-corrected chi connectivity index (χ2v) is 7.15. The van der Waals surface area contributed by atoms with Crippen LogP contribution in [0.2, 0.25) is 0 Å². The molecule has 120 valence electrons. The molecule has 1 aliphatic rings. The molecule has 0 radical (unpaired) electrons. The van der Waals surface area contributed by atoms with Gasteiger partial charge in [0.15, 0.2) is 16.4 Å². The first-order valence-corrected chi connectivity index (χ1v) is 8.60. The van der Waals surface area contributed by atoms with E-state index in [1.54, 1.807) is 19.2 Å². The van der Waals surface area contributed by atoms with E-state index in [0.29, 0.717) is 12.2 Å². The summed E-state index contributed by atoms with van der Waals surface area (Å²) >= 11 is 0. The summed E-state index contributed by atoms with van der Waals surface area (Å²) in [7, 11) is -1.46. The van der Waals surface area contributed by atoms with E-state index in [1.165, 1.54) is 6.21 Å². The van der Waals surface area contributed by atoms with Crippen molar-refractivity contribution in [1.29, 1.82) is 0 Å². The van der Waals surface area contributed by atoms with Crippen molar-refractivity contribution in [1.82, 2.24) is 5.32 Å². The topological polar surface area (TPSA) is 94.1 Å². The number of oxime groups is 1. The van der Waals surface area contributed by atoms with Gasteiger partial charge in [-0.05, 0) is 18.6 Å². The Balaban J connectivity index is 1.76. The number of benzene rings is 1. The number of para-hydroxylation sites is 1. The number of carbonyl (C=O) groups excluding carboxylic acids is 1. The third kappa shape index (κ3) is 4.73. The van der Waals surface area contributed by atoms with Crippen LogP contribution in [-0.4, -0.2) is 51.8 Å². The maximum atomic E-state index is 11.6. The molecule has 1 N–H and O–H groups in total. The highest BCUT2D eigenvalue weighted by Crippen LogP contribution is 2.14. The fourth-order valence-electron chi connectivity index (χ4n) is 2.14. The molecule has 1 fully saturated rings. The first-order chi connectivity index (χ1) is 10.5. The van der Waals surface area contributed by atoms with Gasteiger partial charge < -0.3 is 14.9 Å². The minimum Gasteiger partial charge on any atom is -0.496 e. The third-order valence-corrected chi connectivity index (χ3v) is 4.97. The molecule has 0 aliphatic carbocycles. The second-order valence-electron chi connectivity index (χ2n) is 4.92. The maximum absolute atomic E-state index is 11.6. The van der Waals surface area contributed by atoms with E-state index in [4.69, 9.17) is 9.57 Å². The second kappa shape index (κ2) is 7.26. The highest BCUT2D eigenvalue weighted by molar-refractivity contribution is 7.91. The van der Waals surface area contributed by atoms with Gasteiger partial charge in [0.05, 0.1) is 24.8 Å². The molecule has 1 aromatic carbocycles. The minimum atomic E-state index is -3.01. The molecule has 1 aliphatic heterocycles. The lowest BCUT2D eigenvalue weighted by atomic mass is 10.2. The van der Waals surface area contributed by atoms with Crippen LogP contribution in [0, 0.1) is 0 Å². The molecule has 1 amide bonds. The molecule has 0 aromatic heterocycles. The van der Waals surface area contributed by atoms with Gasteiger partial charge in [0.1, 0.15) is 5.75 Å². The molecule has 0 unspecified atom stereocenters. The number of rotatable bonds is 6. The van der Waals surface area contributed by atoms with Crippen molar-refractivity contribution in [2.75, 3.05) is 25.2 Å². The van der Waals surface area contributed by atoms with E-state index in [1.807, 2.05) is 12.1 Å². The standard InChI is InChI=1S/C14H18N2O5S/c1-20-13-5-3-2-4-11(13)8-15-21-9-14(17)16-12-6-7-22(18,19)10-12/h2-5,8,12H,6-7,9-10H2,1H3,(H,16,17)/b15-8-/t12-/m0/s1. The molecule has 1 aromatic rings. The number of sulfone groups is 1. The van der Waals surface area contributed by atoms with Crippen molar-refractivity contribution in [2.45, 2.75) is 12.5 Å². The number of ether oxygens (including phenoxy) is 1. The van der Waals surface area contributed by atoms with Crippen LogP contribution in [-0.2, 0) is 19.5 Å². The van der Waals surface area contributed by atoms with E-state index >= 15 is 0 Å². The smallest absolute Gasteiger partial charge is 0.261 e. The van der Waals surface area contributed by atoms with Crippen LogP contribution < -0.4 is 10.1 Å². The fraction of sp³-hybridized carbons (Fsp3) is 0.429. The molecule has 1 atom stereocenters. The Morgan fingerprint density at radius 1 is 1.45 bits per heavy atom. The number of hydrogen-bond donors (Lipinski definition) is 1. The van der Waals surface area contributed by atoms with Gasteiger partial charge in [-0.15, -0.1) is 0 Å². The van der Waals surface area contributed by atoms with Gasteiger partial charge in [-0.2, -0.15) is 0 Å². The van der Waals surface area contributed by atoms with Crippen LogP contribution in [0.5, 0.6) is 5.75 Å². The maximum Gasteiger partial charge on any atom is 0.261 e. The average molecular weight is 326 g/mol. The monoisotopic (exact) mass is 326 g/mol. The number of nitrogens with zero attached hydrogens (tertiary/aromatic N) is 1. The third-order valence-electron chi connectivity index (χ3n) is 3.20. The normalized spacial score (nSPS) is 20.0. The van der Waals surface area contributed by atoms with Crippen LogP contribution in [0.15, 0.2) is 29.4 Å². The van der Waals surface area contributed by atoms with Crippen molar-refractivity contribution in [3.05, 3.63) is 29.8 Å². The quantitative estimate of drug-likeness (QED) is 0.601. The van der Waals surface area contributed by atoms with Crippen LogP contribution in [0.4, 0.5) is 0 Å². The van der Waals surface area contributed by atoms with Crippen LogP contribution in [0.1, 0.15) is 12.0 Å². The summed E-state index contributed by atoms with van der Waals surface area (Å²) in [5, 5.41) is 6.32.